The largest absolute Gasteiger partial charge is 0.383 e. The molecule has 2 aromatic rings. The standard InChI is InChI=1S/C18H23N5OS2/c1-10(2)18(3,9-19)23-13(24)8-25-17-21-15(20)14-11-6-4-5-7-12(11)26-16(14)22-17/h10H,4-8H2,1-3H3,(H,23,24)(H2,20,21,22). The zero-order valence-corrected chi connectivity index (χ0v) is 16.9. The maximum atomic E-state index is 12.2. The van der Waals surface area contributed by atoms with Crippen molar-refractivity contribution < 1.29 is 4.79 Å². The van der Waals surface area contributed by atoms with Crippen molar-refractivity contribution in [3.8, 4) is 6.07 Å². The van der Waals surface area contributed by atoms with E-state index in [-0.39, 0.29) is 17.6 Å². The number of rotatable bonds is 5. The van der Waals surface area contributed by atoms with Crippen LogP contribution in [-0.4, -0.2) is 27.2 Å². The van der Waals surface area contributed by atoms with E-state index in [1.54, 1.807) is 18.3 Å². The number of thiophene rings is 1. The van der Waals surface area contributed by atoms with Crippen molar-refractivity contribution in [1.29, 1.82) is 5.26 Å². The average Bonchev–Trinajstić information content (AvgIpc) is 2.98. The molecule has 0 aromatic carbocycles. The predicted molar refractivity (Wildman–Crippen MR) is 106 cm³/mol. The predicted octanol–water partition coefficient (Wildman–Crippen LogP) is 3.30. The van der Waals surface area contributed by atoms with E-state index in [1.165, 1.54) is 35.0 Å². The highest BCUT2D eigenvalue weighted by molar-refractivity contribution is 7.99. The van der Waals surface area contributed by atoms with E-state index >= 15 is 0 Å². The van der Waals surface area contributed by atoms with Gasteiger partial charge in [0, 0.05) is 4.88 Å². The first-order chi connectivity index (χ1) is 12.3. The average molecular weight is 390 g/mol. The second kappa shape index (κ2) is 7.41. The molecule has 3 N–H and O–H groups in total. The normalized spacial score (nSPS) is 16.1. The number of nitrogens with zero attached hydrogens (tertiary/aromatic N) is 3. The Bertz CT molecular complexity index is 886. The van der Waals surface area contributed by atoms with Gasteiger partial charge >= 0.3 is 0 Å². The fourth-order valence-electron chi connectivity index (χ4n) is 2.99. The van der Waals surface area contributed by atoms with Gasteiger partial charge in [-0.05, 0) is 44.1 Å². The Kier molecular flexibility index (Phi) is 5.39. The molecule has 2 heterocycles. The van der Waals surface area contributed by atoms with Gasteiger partial charge in [-0.1, -0.05) is 25.6 Å². The lowest BCUT2D eigenvalue weighted by molar-refractivity contribution is -0.120. The summed E-state index contributed by atoms with van der Waals surface area (Å²) < 4.78 is 0. The van der Waals surface area contributed by atoms with Crippen LogP contribution in [-0.2, 0) is 17.6 Å². The summed E-state index contributed by atoms with van der Waals surface area (Å²) in [7, 11) is 0. The molecule has 3 rings (SSSR count). The molecule has 1 aliphatic carbocycles. The molecule has 1 amide bonds. The second-order valence-corrected chi connectivity index (χ2v) is 9.11. The number of anilines is 1. The zero-order chi connectivity index (χ0) is 18.9. The van der Waals surface area contributed by atoms with Crippen LogP contribution < -0.4 is 11.1 Å². The quantitative estimate of drug-likeness (QED) is 0.600. The molecule has 2 aromatic heterocycles. The minimum atomic E-state index is -0.881. The first-order valence-electron chi connectivity index (χ1n) is 8.77. The lowest BCUT2D eigenvalue weighted by Crippen LogP contribution is -2.49. The number of amides is 1. The van der Waals surface area contributed by atoms with Crippen LogP contribution >= 0.6 is 23.1 Å². The number of aryl methyl sites for hydroxylation is 2. The fourth-order valence-corrected chi connectivity index (χ4v) is 4.96. The monoisotopic (exact) mass is 389 g/mol. The van der Waals surface area contributed by atoms with Gasteiger partial charge in [0.1, 0.15) is 16.2 Å². The van der Waals surface area contributed by atoms with Gasteiger partial charge in [0.2, 0.25) is 5.91 Å². The number of thioether (sulfide) groups is 1. The van der Waals surface area contributed by atoms with Crippen LogP contribution in [0.1, 0.15) is 44.1 Å². The van der Waals surface area contributed by atoms with Crippen molar-refractivity contribution in [2.24, 2.45) is 5.92 Å². The van der Waals surface area contributed by atoms with Gasteiger partial charge in [-0.3, -0.25) is 4.79 Å². The Morgan fingerprint density at radius 2 is 2.15 bits per heavy atom. The summed E-state index contributed by atoms with van der Waals surface area (Å²) in [5, 5.41) is 13.6. The maximum Gasteiger partial charge on any atom is 0.231 e. The minimum Gasteiger partial charge on any atom is -0.383 e. The molecular formula is C18H23N5OS2. The summed E-state index contributed by atoms with van der Waals surface area (Å²) in [6.45, 7) is 5.55. The summed E-state index contributed by atoms with van der Waals surface area (Å²) in [5.74, 6) is 0.462. The molecule has 8 heteroatoms. The molecule has 0 bridgehead atoms. The molecule has 26 heavy (non-hydrogen) atoms. The van der Waals surface area contributed by atoms with Crippen LogP contribution in [0.5, 0.6) is 0 Å². The summed E-state index contributed by atoms with van der Waals surface area (Å²) >= 11 is 2.94. The third kappa shape index (κ3) is 3.64. The van der Waals surface area contributed by atoms with E-state index in [1.807, 2.05) is 13.8 Å². The van der Waals surface area contributed by atoms with E-state index in [4.69, 9.17) is 5.73 Å². The number of carbonyl (C=O) groups excluding carboxylic acids is 1. The van der Waals surface area contributed by atoms with Crippen LogP contribution in [0.25, 0.3) is 10.2 Å². The molecule has 0 saturated heterocycles. The Balaban J connectivity index is 1.74. The van der Waals surface area contributed by atoms with Crippen molar-refractivity contribution in [2.45, 2.75) is 57.1 Å². The van der Waals surface area contributed by atoms with Gasteiger partial charge in [0.25, 0.3) is 0 Å². The number of nitrogen functional groups attached to an aromatic ring is 1. The highest BCUT2D eigenvalue weighted by Crippen LogP contribution is 2.38. The highest BCUT2D eigenvalue weighted by Gasteiger charge is 2.30. The van der Waals surface area contributed by atoms with Crippen molar-refractivity contribution in [1.82, 2.24) is 15.3 Å². The van der Waals surface area contributed by atoms with Gasteiger partial charge < -0.3 is 11.1 Å². The van der Waals surface area contributed by atoms with E-state index in [0.29, 0.717) is 11.0 Å². The molecule has 138 valence electrons. The number of nitriles is 1. The maximum absolute atomic E-state index is 12.2. The Morgan fingerprint density at radius 1 is 1.42 bits per heavy atom. The topological polar surface area (TPSA) is 105 Å². The van der Waals surface area contributed by atoms with Crippen LogP contribution in [0, 0.1) is 17.2 Å². The van der Waals surface area contributed by atoms with Gasteiger partial charge in [-0.15, -0.1) is 11.3 Å². The lowest BCUT2D eigenvalue weighted by atomic mass is 9.90. The van der Waals surface area contributed by atoms with Gasteiger partial charge in [0.15, 0.2) is 5.16 Å². The molecule has 0 fully saturated rings. The van der Waals surface area contributed by atoms with Crippen molar-refractivity contribution in [3.63, 3.8) is 0 Å². The SMILES string of the molecule is CC(C)C(C)(C#N)NC(=O)CSc1nc(N)c2c3c(sc2n1)CCCC3. The van der Waals surface area contributed by atoms with E-state index in [9.17, 15) is 10.1 Å². The molecule has 1 atom stereocenters. The summed E-state index contributed by atoms with van der Waals surface area (Å²) in [5.41, 5.74) is 6.62. The van der Waals surface area contributed by atoms with Crippen LogP contribution in [0.3, 0.4) is 0 Å². The third-order valence-corrected chi connectivity index (χ3v) is 6.97. The Morgan fingerprint density at radius 3 is 2.85 bits per heavy atom. The minimum absolute atomic E-state index is 0.0159. The number of aromatic nitrogens is 2. The van der Waals surface area contributed by atoms with Gasteiger partial charge in [-0.2, -0.15) is 5.26 Å². The third-order valence-electron chi connectivity index (χ3n) is 4.94. The number of nitrogens with one attached hydrogen (secondary N) is 1. The lowest BCUT2D eigenvalue weighted by Gasteiger charge is -2.27. The summed E-state index contributed by atoms with van der Waals surface area (Å²) in [6, 6.07) is 2.18. The molecular weight excluding hydrogens is 366 g/mol. The van der Waals surface area contributed by atoms with Crippen molar-refractivity contribution >= 4 is 45.0 Å². The Labute approximate surface area is 161 Å². The summed E-state index contributed by atoms with van der Waals surface area (Å²) in [6.07, 6.45) is 4.52. The smallest absolute Gasteiger partial charge is 0.231 e. The second-order valence-electron chi connectivity index (χ2n) is 7.09. The molecule has 6 nitrogen and oxygen atoms in total. The van der Waals surface area contributed by atoms with Crippen molar-refractivity contribution in [3.05, 3.63) is 10.4 Å². The number of fused-ring (bicyclic) bond motifs is 3. The summed E-state index contributed by atoms with van der Waals surface area (Å²) in [4.78, 5) is 23.5. The van der Waals surface area contributed by atoms with Crippen LogP contribution in [0.15, 0.2) is 5.16 Å². The molecule has 1 aliphatic rings. The first kappa shape index (κ1) is 18.9. The molecule has 1 unspecified atom stereocenters. The fraction of sp³-hybridized carbons (Fsp3) is 0.556. The van der Waals surface area contributed by atoms with Crippen LogP contribution in [0.2, 0.25) is 0 Å². The van der Waals surface area contributed by atoms with Crippen LogP contribution in [0.4, 0.5) is 5.82 Å². The molecule has 0 aliphatic heterocycles. The molecule has 0 spiro atoms. The molecule has 0 saturated carbocycles. The number of carbonyl (C=O) groups is 1. The number of nitrogens with two attached hydrogens (primary N) is 1. The molecule has 0 radical (unpaired) electrons. The highest BCUT2D eigenvalue weighted by atomic mass is 32.2. The van der Waals surface area contributed by atoms with Crippen molar-refractivity contribution in [2.75, 3.05) is 11.5 Å². The zero-order valence-electron chi connectivity index (χ0n) is 15.3. The Hall–Kier alpha value is -1.85. The van der Waals surface area contributed by atoms with E-state index < -0.39 is 5.54 Å². The first-order valence-corrected chi connectivity index (χ1v) is 10.6. The van der Waals surface area contributed by atoms with Gasteiger partial charge in [-0.25, -0.2) is 9.97 Å². The number of hydrogen-bond donors (Lipinski definition) is 2. The number of hydrogen-bond acceptors (Lipinski definition) is 7. The van der Waals surface area contributed by atoms with E-state index in [0.717, 1.165) is 23.1 Å². The van der Waals surface area contributed by atoms with Gasteiger partial charge in [0.05, 0.1) is 17.2 Å². The van der Waals surface area contributed by atoms with E-state index in [2.05, 4.69) is 21.4 Å².